The SMILES string of the molecule is CCCC(=NNC(=O)COc1cc(C)ccc1C(C)C)c1ccccc1. The highest BCUT2D eigenvalue weighted by Crippen LogP contribution is 2.27. The van der Waals surface area contributed by atoms with E-state index in [1.54, 1.807) is 0 Å². The van der Waals surface area contributed by atoms with E-state index in [9.17, 15) is 4.79 Å². The fraction of sp³-hybridized carbons (Fsp3) is 0.364. The lowest BCUT2D eigenvalue weighted by Gasteiger charge is -2.14. The third-order valence-electron chi connectivity index (χ3n) is 4.06. The molecule has 0 saturated carbocycles. The van der Waals surface area contributed by atoms with Gasteiger partial charge in [-0.1, -0.05) is 69.7 Å². The molecule has 0 aliphatic heterocycles. The Balaban J connectivity index is 2.01. The topological polar surface area (TPSA) is 50.7 Å². The molecule has 0 spiro atoms. The van der Waals surface area contributed by atoms with Gasteiger partial charge in [-0.2, -0.15) is 5.10 Å². The first-order valence-electron chi connectivity index (χ1n) is 9.15. The van der Waals surface area contributed by atoms with E-state index >= 15 is 0 Å². The van der Waals surface area contributed by atoms with Crippen LogP contribution in [0, 0.1) is 6.92 Å². The summed E-state index contributed by atoms with van der Waals surface area (Å²) in [7, 11) is 0. The van der Waals surface area contributed by atoms with Crippen LogP contribution in [0.15, 0.2) is 53.6 Å². The highest BCUT2D eigenvalue weighted by Gasteiger charge is 2.10. The molecule has 0 bridgehead atoms. The van der Waals surface area contributed by atoms with Gasteiger partial charge in [0, 0.05) is 0 Å². The van der Waals surface area contributed by atoms with Crippen LogP contribution in [0.4, 0.5) is 0 Å². The molecule has 0 unspecified atom stereocenters. The summed E-state index contributed by atoms with van der Waals surface area (Å²) in [6.45, 7) is 8.27. The zero-order chi connectivity index (χ0) is 18.9. The van der Waals surface area contributed by atoms with Crippen LogP contribution >= 0.6 is 0 Å². The first-order chi connectivity index (χ1) is 12.5. The fourth-order valence-electron chi connectivity index (χ4n) is 2.68. The zero-order valence-electron chi connectivity index (χ0n) is 16.1. The van der Waals surface area contributed by atoms with Gasteiger partial charge in [0.1, 0.15) is 5.75 Å². The fourth-order valence-corrected chi connectivity index (χ4v) is 2.68. The van der Waals surface area contributed by atoms with Gasteiger partial charge in [0.15, 0.2) is 6.61 Å². The Hall–Kier alpha value is -2.62. The Bertz CT molecular complexity index is 752. The van der Waals surface area contributed by atoms with Crippen molar-refractivity contribution in [1.82, 2.24) is 5.43 Å². The molecule has 1 amide bonds. The number of hydrogen-bond donors (Lipinski definition) is 1. The molecule has 2 rings (SSSR count). The lowest BCUT2D eigenvalue weighted by atomic mass is 10.0. The van der Waals surface area contributed by atoms with E-state index < -0.39 is 0 Å². The zero-order valence-corrected chi connectivity index (χ0v) is 16.1. The van der Waals surface area contributed by atoms with Gasteiger partial charge in [-0.15, -0.1) is 0 Å². The average molecular weight is 352 g/mol. The van der Waals surface area contributed by atoms with Crippen LogP contribution in [-0.2, 0) is 4.79 Å². The van der Waals surface area contributed by atoms with Crippen molar-refractivity contribution in [2.45, 2.75) is 46.5 Å². The Labute approximate surface area is 156 Å². The van der Waals surface area contributed by atoms with Gasteiger partial charge < -0.3 is 4.74 Å². The van der Waals surface area contributed by atoms with Crippen LogP contribution in [0.25, 0.3) is 0 Å². The molecule has 0 aromatic heterocycles. The molecule has 0 atom stereocenters. The number of carbonyl (C=O) groups excluding carboxylic acids is 1. The van der Waals surface area contributed by atoms with Crippen molar-refractivity contribution in [3.05, 3.63) is 65.2 Å². The number of nitrogens with zero attached hydrogens (tertiary/aromatic N) is 1. The van der Waals surface area contributed by atoms with E-state index in [4.69, 9.17) is 4.74 Å². The molecule has 138 valence electrons. The minimum Gasteiger partial charge on any atom is -0.483 e. The monoisotopic (exact) mass is 352 g/mol. The van der Waals surface area contributed by atoms with Gasteiger partial charge in [-0.25, -0.2) is 5.43 Å². The Morgan fingerprint density at radius 2 is 1.88 bits per heavy atom. The lowest BCUT2D eigenvalue weighted by molar-refractivity contribution is -0.123. The number of aryl methyl sites for hydroxylation is 1. The minimum absolute atomic E-state index is 0.0547. The number of amides is 1. The van der Waals surface area contributed by atoms with Crippen LogP contribution in [-0.4, -0.2) is 18.2 Å². The van der Waals surface area contributed by atoms with Gasteiger partial charge in [0.05, 0.1) is 5.71 Å². The van der Waals surface area contributed by atoms with Gasteiger partial charge in [-0.3, -0.25) is 4.79 Å². The van der Waals surface area contributed by atoms with Crippen LogP contribution < -0.4 is 10.2 Å². The molecule has 0 saturated heterocycles. The third-order valence-corrected chi connectivity index (χ3v) is 4.06. The van der Waals surface area contributed by atoms with Crippen molar-refractivity contribution < 1.29 is 9.53 Å². The summed E-state index contributed by atoms with van der Waals surface area (Å²) >= 11 is 0. The predicted octanol–water partition coefficient (Wildman–Crippen LogP) is 4.82. The molecule has 0 aliphatic rings. The van der Waals surface area contributed by atoms with E-state index in [1.807, 2.05) is 43.3 Å². The number of ether oxygens (including phenoxy) is 1. The van der Waals surface area contributed by atoms with E-state index in [1.165, 1.54) is 0 Å². The first-order valence-corrected chi connectivity index (χ1v) is 9.15. The van der Waals surface area contributed by atoms with Gasteiger partial charge in [-0.05, 0) is 42.0 Å². The van der Waals surface area contributed by atoms with E-state index in [2.05, 4.69) is 43.4 Å². The number of rotatable bonds is 8. The van der Waals surface area contributed by atoms with Gasteiger partial charge >= 0.3 is 0 Å². The summed E-state index contributed by atoms with van der Waals surface area (Å²) in [6.07, 6.45) is 1.77. The van der Waals surface area contributed by atoms with Crippen molar-refractivity contribution in [2.75, 3.05) is 6.61 Å². The summed E-state index contributed by atoms with van der Waals surface area (Å²) in [5, 5.41) is 4.31. The van der Waals surface area contributed by atoms with Crippen molar-refractivity contribution in [3.63, 3.8) is 0 Å². The number of carbonyl (C=O) groups is 1. The van der Waals surface area contributed by atoms with Crippen LogP contribution in [0.5, 0.6) is 5.75 Å². The Kier molecular flexibility index (Phi) is 7.39. The molecule has 0 radical (unpaired) electrons. The third kappa shape index (κ3) is 5.73. The number of hydrogen-bond acceptors (Lipinski definition) is 3. The minimum atomic E-state index is -0.259. The lowest BCUT2D eigenvalue weighted by Crippen LogP contribution is -2.26. The van der Waals surface area contributed by atoms with Gasteiger partial charge in [0.2, 0.25) is 0 Å². The number of hydrazone groups is 1. The summed E-state index contributed by atoms with van der Waals surface area (Å²) < 4.78 is 5.76. The maximum Gasteiger partial charge on any atom is 0.277 e. The smallest absolute Gasteiger partial charge is 0.277 e. The van der Waals surface area contributed by atoms with Crippen molar-refractivity contribution in [3.8, 4) is 5.75 Å². The standard InChI is InChI=1S/C22H28N2O2/c1-5-9-20(18-10-7-6-8-11-18)23-24-22(25)15-26-21-14-17(4)12-13-19(21)16(2)3/h6-8,10-14,16H,5,9,15H2,1-4H3,(H,24,25). The normalized spacial score (nSPS) is 11.5. The van der Waals surface area contributed by atoms with E-state index in [-0.39, 0.29) is 12.5 Å². The molecule has 0 heterocycles. The molecule has 26 heavy (non-hydrogen) atoms. The largest absolute Gasteiger partial charge is 0.483 e. The van der Waals surface area contributed by atoms with Crippen LogP contribution in [0.3, 0.4) is 0 Å². The number of nitrogens with one attached hydrogen (secondary N) is 1. The summed E-state index contributed by atoms with van der Waals surface area (Å²) in [5.41, 5.74) is 6.73. The van der Waals surface area contributed by atoms with Crippen LogP contribution in [0.1, 0.15) is 56.2 Å². The molecule has 0 fully saturated rings. The van der Waals surface area contributed by atoms with Gasteiger partial charge in [0.25, 0.3) is 5.91 Å². The summed E-state index contributed by atoms with van der Waals surface area (Å²) in [4.78, 5) is 12.2. The highest BCUT2D eigenvalue weighted by molar-refractivity contribution is 6.01. The molecular formula is C22H28N2O2. The quantitative estimate of drug-likeness (QED) is 0.547. The summed E-state index contributed by atoms with van der Waals surface area (Å²) in [6, 6.07) is 16.0. The van der Waals surface area contributed by atoms with E-state index in [0.717, 1.165) is 41.0 Å². The molecule has 2 aromatic rings. The average Bonchev–Trinajstić information content (AvgIpc) is 2.64. The van der Waals surface area contributed by atoms with Crippen molar-refractivity contribution in [1.29, 1.82) is 0 Å². The molecule has 4 heteroatoms. The highest BCUT2D eigenvalue weighted by atomic mass is 16.5. The predicted molar refractivity (Wildman–Crippen MR) is 107 cm³/mol. The molecule has 0 aliphatic carbocycles. The molecule has 2 aromatic carbocycles. The second kappa shape index (κ2) is 9.76. The maximum atomic E-state index is 12.2. The first kappa shape index (κ1) is 19.7. The Morgan fingerprint density at radius 1 is 1.15 bits per heavy atom. The molecule has 1 N–H and O–H groups in total. The van der Waals surface area contributed by atoms with Crippen molar-refractivity contribution in [2.24, 2.45) is 5.10 Å². The van der Waals surface area contributed by atoms with Crippen molar-refractivity contribution >= 4 is 11.6 Å². The Morgan fingerprint density at radius 3 is 2.54 bits per heavy atom. The second-order valence-electron chi connectivity index (χ2n) is 6.69. The summed E-state index contributed by atoms with van der Waals surface area (Å²) in [5.74, 6) is 0.836. The second-order valence-corrected chi connectivity index (χ2v) is 6.69. The van der Waals surface area contributed by atoms with E-state index in [0.29, 0.717) is 5.92 Å². The number of benzene rings is 2. The molecular weight excluding hydrogens is 324 g/mol. The maximum absolute atomic E-state index is 12.2. The molecule has 4 nitrogen and oxygen atoms in total. The van der Waals surface area contributed by atoms with Crippen LogP contribution in [0.2, 0.25) is 0 Å².